The van der Waals surface area contributed by atoms with Crippen molar-refractivity contribution in [3.8, 4) is 5.75 Å². The van der Waals surface area contributed by atoms with Crippen molar-refractivity contribution in [3.05, 3.63) is 65.2 Å². The van der Waals surface area contributed by atoms with Crippen molar-refractivity contribution in [2.24, 2.45) is 0 Å². The van der Waals surface area contributed by atoms with Gasteiger partial charge in [-0.3, -0.25) is 9.59 Å². The van der Waals surface area contributed by atoms with Crippen molar-refractivity contribution in [2.75, 3.05) is 6.61 Å². The molecule has 0 aliphatic heterocycles. The molecule has 27 heavy (non-hydrogen) atoms. The van der Waals surface area contributed by atoms with E-state index in [9.17, 15) is 9.59 Å². The molecule has 1 saturated carbocycles. The molecule has 1 aliphatic carbocycles. The standard InChI is InChI=1S/C23H27NO3/c1-17-5-3-6-19(15-17)16-24(21-10-11-21)23(26)7-4-14-27-22-12-8-20(9-13-22)18(2)25/h3,5-6,8-9,12-13,15,21H,4,7,10-11,14,16H2,1-2H3. The number of nitrogens with zero attached hydrogens (tertiary/aromatic N) is 1. The molecule has 0 spiro atoms. The molecule has 0 saturated heterocycles. The predicted octanol–water partition coefficient (Wildman–Crippen LogP) is 4.55. The van der Waals surface area contributed by atoms with Crippen LogP contribution in [0.4, 0.5) is 0 Å². The summed E-state index contributed by atoms with van der Waals surface area (Å²) in [5.41, 5.74) is 3.09. The Labute approximate surface area is 161 Å². The maximum absolute atomic E-state index is 12.7. The van der Waals surface area contributed by atoms with E-state index in [0.717, 1.165) is 18.6 Å². The number of ketones is 1. The maximum atomic E-state index is 12.7. The van der Waals surface area contributed by atoms with Gasteiger partial charge in [0.2, 0.25) is 5.91 Å². The molecule has 0 atom stereocenters. The minimum atomic E-state index is 0.0425. The Morgan fingerprint density at radius 2 is 1.85 bits per heavy atom. The third-order valence-electron chi connectivity index (χ3n) is 4.81. The summed E-state index contributed by atoms with van der Waals surface area (Å²) in [6.45, 7) is 4.81. The topological polar surface area (TPSA) is 46.6 Å². The van der Waals surface area contributed by atoms with Crippen LogP contribution in [0.25, 0.3) is 0 Å². The summed E-state index contributed by atoms with van der Waals surface area (Å²) < 4.78 is 5.70. The van der Waals surface area contributed by atoms with E-state index < -0.39 is 0 Å². The average molecular weight is 365 g/mol. The van der Waals surface area contributed by atoms with E-state index >= 15 is 0 Å². The molecule has 1 fully saturated rings. The summed E-state index contributed by atoms with van der Waals surface area (Å²) in [5.74, 6) is 0.974. The molecule has 2 aromatic carbocycles. The normalized spacial score (nSPS) is 13.3. The second-order valence-corrected chi connectivity index (χ2v) is 7.27. The summed E-state index contributed by atoms with van der Waals surface area (Å²) in [4.78, 5) is 26.0. The number of hydrogen-bond acceptors (Lipinski definition) is 3. The van der Waals surface area contributed by atoms with E-state index in [4.69, 9.17) is 4.74 Å². The van der Waals surface area contributed by atoms with Crippen molar-refractivity contribution in [3.63, 3.8) is 0 Å². The highest BCUT2D eigenvalue weighted by atomic mass is 16.5. The van der Waals surface area contributed by atoms with Gasteiger partial charge in [0.05, 0.1) is 6.61 Å². The van der Waals surface area contributed by atoms with Gasteiger partial charge in [-0.05, 0) is 62.9 Å². The molecule has 2 aromatic rings. The highest BCUT2D eigenvalue weighted by molar-refractivity contribution is 5.94. The average Bonchev–Trinajstić information content (AvgIpc) is 3.48. The Bertz CT molecular complexity index is 794. The van der Waals surface area contributed by atoms with Crippen LogP contribution in [-0.4, -0.2) is 29.2 Å². The summed E-state index contributed by atoms with van der Waals surface area (Å²) in [6.07, 6.45) is 3.39. The molecule has 4 heteroatoms. The Balaban J connectivity index is 1.46. The van der Waals surface area contributed by atoms with Crippen LogP contribution in [0.15, 0.2) is 48.5 Å². The van der Waals surface area contributed by atoms with Gasteiger partial charge in [0.25, 0.3) is 0 Å². The number of carbonyl (C=O) groups excluding carboxylic acids is 2. The van der Waals surface area contributed by atoms with Gasteiger partial charge in [0.15, 0.2) is 5.78 Å². The lowest BCUT2D eigenvalue weighted by atomic mass is 10.1. The van der Waals surface area contributed by atoms with Crippen molar-refractivity contribution in [2.45, 2.75) is 52.1 Å². The molecule has 3 rings (SSSR count). The van der Waals surface area contributed by atoms with Gasteiger partial charge in [0, 0.05) is 24.6 Å². The SMILES string of the molecule is CC(=O)c1ccc(OCCCC(=O)N(Cc2cccc(C)c2)C2CC2)cc1. The lowest BCUT2D eigenvalue weighted by Crippen LogP contribution is -2.32. The van der Waals surface area contributed by atoms with E-state index in [-0.39, 0.29) is 11.7 Å². The predicted molar refractivity (Wildman–Crippen MR) is 106 cm³/mol. The molecule has 0 heterocycles. The van der Waals surface area contributed by atoms with Crippen LogP contribution in [0.1, 0.15) is 54.1 Å². The van der Waals surface area contributed by atoms with Crippen LogP contribution in [0, 0.1) is 6.92 Å². The molecule has 0 unspecified atom stereocenters. The van der Waals surface area contributed by atoms with Crippen molar-refractivity contribution >= 4 is 11.7 Å². The fraction of sp³-hybridized carbons (Fsp3) is 0.391. The lowest BCUT2D eigenvalue weighted by molar-refractivity contribution is -0.132. The fourth-order valence-electron chi connectivity index (χ4n) is 3.16. The van der Waals surface area contributed by atoms with Crippen LogP contribution in [0.5, 0.6) is 5.75 Å². The second kappa shape index (κ2) is 8.85. The number of Topliss-reactive ketones (excluding diaryl/α,β-unsaturated/α-hetero) is 1. The third kappa shape index (κ3) is 5.68. The molecular weight excluding hydrogens is 338 g/mol. The molecule has 1 aliphatic rings. The molecule has 0 aromatic heterocycles. The van der Waals surface area contributed by atoms with Gasteiger partial charge in [0.1, 0.15) is 5.75 Å². The lowest BCUT2D eigenvalue weighted by Gasteiger charge is -2.23. The number of rotatable bonds is 9. The summed E-state index contributed by atoms with van der Waals surface area (Å²) in [5, 5.41) is 0. The van der Waals surface area contributed by atoms with Gasteiger partial charge in [-0.2, -0.15) is 0 Å². The first kappa shape index (κ1) is 19.2. The molecule has 0 bridgehead atoms. The quantitative estimate of drug-likeness (QED) is 0.484. The molecule has 0 radical (unpaired) electrons. The number of ether oxygens (including phenoxy) is 1. The first-order valence-corrected chi connectivity index (χ1v) is 9.62. The van der Waals surface area contributed by atoms with Crippen LogP contribution >= 0.6 is 0 Å². The number of carbonyl (C=O) groups is 2. The highest BCUT2D eigenvalue weighted by Crippen LogP contribution is 2.29. The molecular formula is C23H27NO3. The Kier molecular flexibility index (Phi) is 6.28. The monoisotopic (exact) mass is 365 g/mol. The van der Waals surface area contributed by atoms with E-state index in [1.54, 1.807) is 31.2 Å². The second-order valence-electron chi connectivity index (χ2n) is 7.27. The van der Waals surface area contributed by atoms with E-state index in [1.165, 1.54) is 11.1 Å². The minimum Gasteiger partial charge on any atom is -0.494 e. The zero-order valence-electron chi connectivity index (χ0n) is 16.1. The fourth-order valence-corrected chi connectivity index (χ4v) is 3.16. The summed E-state index contributed by atoms with van der Waals surface area (Å²) in [7, 11) is 0. The van der Waals surface area contributed by atoms with Crippen LogP contribution in [0.3, 0.4) is 0 Å². The summed E-state index contributed by atoms with van der Waals surface area (Å²) in [6, 6.07) is 15.9. The van der Waals surface area contributed by atoms with Gasteiger partial charge in [-0.25, -0.2) is 0 Å². The van der Waals surface area contributed by atoms with Crippen molar-refractivity contribution < 1.29 is 14.3 Å². The van der Waals surface area contributed by atoms with Gasteiger partial charge in [-0.1, -0.05) is 29.8 Å². The molecule has 142 valence electrons. The maximum Gasteiger partial charge on any atom is 0.223 e. The smallest absolute Gasteiger partial charge is 0.223 e. The van der Waals surface area contributed by atoms with E-state index in [0.29, 0.717) is 37.6 Å². The Morgan fingerprint density at radius 1 is 1.11 bits per heavy atom. The molecule has 1 amide bonds. The molecule has 4 nitrogen and oxygen atoms in total. The van der Waals surface area contributed by atoms with Gasteiger partial charge >= 0.3 is 0 Å². The number of benzene rings is 2. The molecule has 0 N–H and O–H groups in total. The number of amides is 1. The van der Waals surface area contributed by atoms with Crippen molar-refractivity contribution in [1.82, 2.24) is 4.90 Å². The summed E-state index contributed by atoms with van der Waals surface area (Å²) >= 11 is 0. The number of aryl methyl sites for hydroxylation is 1. The largest absolute Gasteiger partial charge is 0.494 e. The van der Waals surface area contributed by atoms with Crippen LogP contribution in [0.2, 0.25) is 0 Å². The van der Waals surface area contributed by atoms with Crippen LogP contribution < -0.4 is 4.74 Å². The van der Waals surface area contributed by atoms with E-state index in [2.05, 4.69) is 25.1 Å². The number of hydrogen-bond donors (Lipinski definition) is 0. The minimum absolute atomic E-state index is 0.0425. The first-order chi connectivity index (χ1) is 13.0. The van der Waals surface area contributed by atoms with E-state index in [1.807, 2.05) is 11.0 Å². The van der Waals surface area contributed by atoms with Crippen molar-refractivity contribution in [1.29, 1.82) is 0 Å². The zero-order valence-corrected chi connectivity index (χ0v) is 16.1. The first-order valence-electron chi connectivity index (χ1n) is 9.62. The van der Waals surface area contributed by atoms with Crippen LogP contribution in [-0.2, 0) is 11.3 Å². The Morgan fingerprint density at radius 3 is 2.48 bits per heavy atom. The highest BCUT2D eigenvalue weighted by Gasteiger charge is 2.32. The Hall–Kier alpha value is -2.62. The van der Waals surface area contributed by atoms with Gasteiger partial charge < -0.3 is 9.64 Å². The van der Waals surface area contributed by atoms with Gasteiger partial charge in [-0.15, -0.1) is 0 Å². The zero-order chi connectivity index (χ0) is 19.2. The third-order valence-corrected chi connectivity index (χ3v) is 4.81.